The van der Waals surface area contributed by atoms with Gasteiger partial charge in [-0.25, -0.2) is 4.79 Å². The van der Waals surface area contributed by atoms with Gasteiger partial charge in [-0.05, 0) is 44.0 Å². The van der Waals surface area contributed by atoms with E-state index in [2.05, 4.69) is 5.32 Å². The first-order valence-corrected chi connectivity index (χ1v) is 6.22. The highest BCUT2D eigenvalue weighted by Gasteiger charge is 2.27. The summed E-state index contributed by atoms with van der Waals surface area (Å²) in [7, 11) is 0. The molecule has 0 aliphatic heterocycles. The smallest absolute Gasteiger partial charge is 0.335 e. The molecule has 0 aromatic heterocycles. The van der Waals surface area contributed by atoms with E-state index in [-0.39, 0.29) is 11.5 Å². The van der Waals surface area contributed by atoms with Crippen LogP contribution in [0.25, 0.3) is 0 Å². The number of anilines is 1. The van der Waals surface area contributed by atoms with Gasteiger partial charge in [0, 0.05) is 5.69 Å². The number of carboxylic acids is 1. The first-order chi connectivity index (χ1) is 8.77. The Kier molecular flexibility index (Phi) is 4.67. The van der Waals surface area contributed by atoms with E-state index in [4.69, 9.17) is 10.8 Å². The van der Waals surface area contributed by atoms with Gasteiger partial charge in [-0.1, -0.05) is 13.3 Å². The van der Waals surface area contributed by atoms with E-state index in [0.717, 1.165) is 6.42 Å². The van der Waals surface area contributed by atoms with E-state index in [9.17, 15) is 9.59 Å². The number of aryl methyl sites for hydroxylation is 1. The third kappa shape index (κ3) is 3.79. The maximum atomic E-state index is 12.0. The van der Waals surface area contributed by atoms with E-state index < -0.39 is 11.5 Å². The molecule has 1 unspecified atom stereocenters. The minimum Gasteiger partial charge on any atom is -0.478 e. The van der Waals surface area contributed by atoms with Crippen LogP contribution < -0.4 is 11.1 Å². The van der Waals surface area contributed by atoms with Crippen molar-refractivity contribution >= 4 is 17.6 Å². The fourth-order valence-electron chi connectivity index (χ4n) is 1.83. The lowest BCUT2D eigenvalue weighted by atomic mass is 9.96. The van der Waals surface area contributed by atoms with Crippen molar-refractivity contribution in [3.8, 4) is 0 Å². The molecule has 1 aromatic rings. The lowest BCUT2D eigenvalue weighted by Gasteiger charge is -2.23. The molecular formula is C14H20N2O3. The van der Waals surface area contributed by atoms with Gasteiger partial charge >= 0.3 is 5.97 Å². The molecule has 1 rings (SSSR count). The molecule has 0 aliphatic rings. The van der Waals surface area contributed by atoms with E-state index >= 15 is 0 Å². The Balaban J connectivity index is 2.89. The van der Waals surface area contributed by atoms with Gasteiger partial charge in [0.2, 0.25) is 5.91 Å². The minimum atomic E-state index is -0.990. The topological polar surface area (TPSA) is 92.4 Å². The van der Waals surface area contributed by atoms with Crippen molar-refractivity contribution in [3.05, 3.63) is 29.3 Å². The minimum absolute atomic E-state index is 0.194. The third-order valence-electron chi connectivity index (χ3n) is 3.01. The zero-order valence-electron chi connectivity index (χ0n) is 11.5. The molecule has 0 fully saturated rings. The monoisotopic (exact) mass is 264 g/mol. The fraction of sp³-hybridized carbons (Fsp3) is 0.429. The Labute approximate surface area is 112 Å². The molecule has 19 heavy (non-hydrogen) atoms. The zero-order chi connectivity index (χ0) is 14.6. The van der Waals surface area contributed by atoms with E-state index in [1.54, 1.807) is 19.9 Å². The summed E-state index contributed by atoms with van der Waals surface area (Å²) in [5, 5.41) is 11.6. The average molecular weight is 264 g/mol. The molecule has 0 bridgehead atoms. The van der Waals surface area contributed by atoms with Gasteiger partial charge in [-0.15, -0.1) is 0 Å². The number of hydrogen-bond donors (Lipinski definition) is 3. The van der Waals surface area contributed by atoms with Crippen molar-refractivity contribution in [3.63, 3.8) is 0 Å². The van der Waals surface area contributed by atoms with Crippen molar-refractivity contribution in [2.45, 2.75) is 39.2 Å². The number of rotatable bonds is 5. The Morgan fingerprint density at radius 2 is 2.05 bits per heavy atom. The van der Waals surface area contributed by atoms with Gasteiger partial charge < -0.3 is 16.2 Å². The van der Waals surface area contributed by atoms with Crippen molar-refractivity contribution in [2.24, 2.45) is 5.73 Å². The number of hydrogen-bond acceptors (Lipinski definition) is 3. The summed E-state index contributed by atoms with van der Waals surface area (Å²) in [6, 6.07) is 4.56. The molecule has 0 radical (unpaired) electrons. The number of aromatic carboxylic acids is 1. The first-order valence-electron chi connectivity index (χ1n) is 6.22. The van der Waals surface area contributed by atoms with Gasteiger partial charge in [-0.2, -0.15) is 0 Å². The number of nitrogens with one attached hydrogen (secondary N) is 1. The Hall–Kier alpha value is -1.88. The molecule has 0 saturated heterocycles. The summed E-state index contributed by atoms with van der Waals surface area (Å²) < 4.78 is 0. The first kappa shape index (κ1) is 15.2. The number of benzene rings is 1. The third-order valence-corrected chi connectivity index (χ3v) is 3.01. The number of amides is 1. The fourth-order valence-corrected chi connectivity index (χ4v) is 1.83. The quantitative estimate of drug-likeness (QED) is 0.759. The van der Waals surface area contributed by atoms with Crippen molar-refractivity contribution in [1.29, 1.82) is 0 Å². The predicted molar refractivity (Wildman–Crippen MR) is 74.3 cm³/mol. The highest BCUT2D eigenvalue weighted by molar-refractivity contribution is 5.98. The van der Waals surface area contributed by atoms with Crippen LogP contribution in [0.1, 0.15) is 42.6 Å². The molecule has 5 nitrogen and oxygen atoms in total. The van der Waals surface area contributed by atoms with Crippen LogP contribution in [0.4, 0.5) is 5.69 Å². The van der Waals surface area contributed by atoms with Gasteiger partial charge in [0.05, 0.1) is 11.1 Å². The standard InChI is InChI=1S/C14H20N2O3/c1-4-7-14(3,15)13(19)16-11-6-5-10(12(17)18)8-9(11)2/h5-6,8H,4,7,15H2,1-3H3,(H,16,19)(H,17,18). The van der Waals surface area contributed by atoms with Crippen molar-refractivity contribution in [1.82, 2.24) is 0 Å². The van der Waals surface area contributed by atoms with Gasteiger partial charge in [0.15, 0.2) is 0 Å². The molecule has 0 heterocycles. The summed E-state index contributed by atoms with van der Waals surface area (Å²) in [4.78, 5) is 22.9. The van der Waals surface area contributed by atoms with Crippen LogP contribution >= 0.6 is 0 Å². The summed E-state index contributed by atoms with van der Waals surface area (Å²) in [6.45, 7) is 5.40. The van der Waals surface area contributed by atoms with Crippen molar-refractivity contribution in [2.75, 3.05) is 5.32 Å². The van der Waals surface area contributed by atoms with Gasteiger partial charge in [0.25, 0.3) is 0 Å². The maximum Gasteiger partial charge on any atom is 0.335 e. The second-order valence-corrected chi connectivity index (χ2v) is 4.96. The number of carbonyl (C=O) groups is 2. The summed E-state index contributed by atoms with van der Waals surface area (Å²) >= 11 is 0. The molecule has 4 N–H and O–H groups in total. The summed E-state index contributed by atoms with van der Waals surface area (Å²) in [5.74, 6) is -1.25. The van der Waals surface area contributed by atoms with E-state index in [0.29, 0.717) is 17.7 Å². The Morgan fingerprint density at radius 1 is 1.42 bits per heavy atom. The number of carboxylic acid groups (broad SMARTS) is 1. The molecule has 5 heteroatoms. The summed E-state index contributed by atoms with van der Waals surface area (Å²) in [6.07, 6.45) is 1.41. The van der Waals surface area contributed by atoms with E-state index in [1.807, 2.05) is 6.92 Å². The lowest BCUT2D eigenvalue weighted by molar-refractivity contribution is -0.120. The molecule has 0 saturated carbocycles. The van der Waals surface area contributed by atoms with Crippen LogP contribution in [0.15, 0.2) is 18.2 Å². The normalized spacial score (nSPS) is 13.7. The molecular weight excluding hydrogens is 244 g/mol. The van der Waals surface area contributed by atoms with Crippen LogP contribution in [0.5, 0.6) is 0 Å². The van der Waals surface area contributed by atoms with Crippen LogP contribution in [-0.4, -0.2) is 22.5 Å². The predicted octanol–water partition coefficient (Wildman–Crippen LogP) is 2.15. The average Bonchev–Trinajstić information content (AvgIpc) is 2.31. The Morgan fingerprint density at radius 3 is 2.53 bits per heavy atom. The molecule has 0 spiro atoms. The highest BCUT2D eigenvalue weighted by atomic mass is 16.4. The van der Waals surface area contributed by atoms with Crippen LogP contribution in [0.3, 0.4) is 0 Å². The Bertz CT molecular complexity index is 495. The molecule has 1 atom stereocenters. The van der Waals surface area contributed by atoms with Gasteiger partial charge in [-0.3, -0.25) is 4.79 Å². The van der Waals surface area contributed by atoms with Gasteiger partial charge in [0.1, 0.15) is 0 Å². The summed E-state index contributed by atoms with van der Waals surface area (Å²) in [5.41, 5.74) is 6.49. The van der Waals surface area contributed by atoms with Crippen molar-refractivity contribution < 1.29 is 14.7 Å². The molecule has 104 valence electrons. The molecule has 1 amide bonds. The SMILES string of the molecule is CCCC(C)(N)C(=O)Nc1ccc(C(=O)O)cc1C. The zero-order valence-corrected chi connectivity index (χ0v) is 11.5. The maximum absolute atomic E-state index is 12.0. The molecule has 1 aromatic carbocycles. The van der Waals surface area contributed by atoms with Crippen LogP contribution in [-0.2, 0) is 4.79 Å². The second kappa shape index (κ2) is 5.84. The molecule has 0 aliphatic carbocycles. The largest absolute Gasteiger partial charge is 0.478 e. The van der Waals surface area contributed by atoms with E-state index in [1.165, 1.54) is 12.1 Å². The second-order valence-electron chi connectivity index (χ2n) is 4.96. The van der Waals surface area contributed by atoms with Crippen LogP contribution in [0.2, 0.25) is 0 Å². The number of nitrogens with two attached hydrogens (primary N) is 1. The highest BCUT2D eigenvalue weighted by Crippen LogP contribution is 2.19. The van der Waals surface area contributed by atoms with Crippen LogP contribution in [0, 0.1) is 6.92 Å². The number of carbonyl (C=O) groups excluding carboxylic acids is 1. The lowest BCUT2D eigenvalue weighted by Crippen LogP contribution is -2.48.